The van der Waals surface area contributed by atoms with Crippen LogP contribution in [0.4, 0.5) is 5.69 Å². The van der Waals surface area contributed by atoms with Crippen LogP contribution in [0.3, 0.4) is 0 Å². The molecule has 26 heavy (non-hydrogen) atoms. The van der Waals surface area contributed by atoms with Crippen LogP contribution in [0.5, 0.6) is 11.5 Å². The molecule has 1 aliphatic rings. The summed E-state index contributed by atoms with van der Waals surface area (Å²) in [6.07, 6.45) is 3.65. The number of sulfonamides is 1. The van der Waals surface area contributed by atoms with Gasteiger partial charge >= 0.3 is 0 Å². The lowest BCUT2D eigenvalue weighted by molar-refractivity contribution is -0.121. The highest BCUT2D eigenvalue weighted by Gasteiger charge is 2.21. The van der Waals surface area contributed by atoms with Crippen molar-refractivity contribution >= 4 is 21.6 Å². The highest BCUT2D eigenvalue weighted by Crippen LogP contribution is 2.34. The summed E-state index contributed by atoms with van der Waals surface area (Å²) in [4.78, 5) is 12.0. The molecule has 1 aromatic carbocycles. The largest absolute Gasteiger partial charge is 0.486 e. The quantitative estimate of drug-likeness (QED) is 0.706. The number of anilines is 1. The number of hydrogen-bond acceptors (Lipinski definition) is 5. The van der Waals surface area contributed by atoms with Crippen molar-refractivity contribution in [1.82, 2.24) is 5.32 Å². The maximum atomic E-state index is 12.2. The Balaban J connectivity index is 2.02. The minimum atomic E-state index is -3.47. The van der Waals surface area contributed by atoms with Crippen LogP contribution in [-0.2, 0) is 14.8 Å². The molecule has 0 saturated heterocycles. The number of nitrogens with zero attached hydrogens (tertiary/aromatic N) is 1. The van der Waals surface area contributed by atoms with Crippen LogP contribution in [0.1, 0.15) is 39.5 Å². The molecule has 7 nitrogen and oxygen atoms in total. The fourth-order valence-electron chi connectivity index (χ4n) is 2.85. The summed E-state index contributed by atoms with van der Waals surface area (Å²) in [5, 5.41) is 2.97. The smallest absolute Gasteiger partial charge is 0.232 e. The van der Waals surface area contributed by atoms with E-state index in [9.17, 15) is 13.2 Å². The molecular weight excluding hydrogens is 356 g/mol. The molecular formula is C18H28N2O5S. The van der Waals surface area contributed by atoms with Gasteiger partial charge in [0.05, 0.1) is 11.9 Å². The fraction of sp³-hybridized carbons (Fsp3) is 0.611. The second-order valence-electron chi connectivity index (χ2n) is 6.35. The first-order valence-electron chi connectivity index (χ1n) is 9.01. The Morgan fingerprint density at radius 3 is 2.46 bits per heavy atom. The molecule has 0 fully saturated rings. The summed E-state index contributed by atoms with van der Waals surface area (Å²) >= 11 is 0. The first kappa shape index (κ1) is 20.4. The molecule has 146 valence electrons. The molecule has 0 bridgehead atoms. The van der Waals surface area contributed by atoms with E-state index in [2.05, 4.69) is 5.32 Å². The summed E-state index contributed by atoms with van der Waals surface area (Å²) < 4.78 is 36.7. The molecule has 8 heteroatoms. The standard InChI is InChI=1S/C18H28N2O5S/c1-4-14(5-2)19-18(21)7-6-10-20(26(3,22)23)15-8-9-16-17(13-15)25-12-11-24-16/h8-9,13-14H,4-7,10-12H2,1-3H3,(H,19,21). The van der Waals surface area contributed by atoms with E-state index in [-0.39, 0.29) is 24.9 Å². The lowest BCUT2D eigenvalue weighted by atomic mass is 10.1. The van der Waals surface area contributed by atoms with E-state index in [4.69, 9.17) is 9.47 Å². The minimum absolute atomic E-state index is 0.0469. The highest BCUT2D eigenvalue weighted by molar-refractivity contribution is 7.92. The average molecular weight is 384 g/mol. The Morgan fingerprint density at radius 2 is 1.85 bits per heavy atom. The fourth-order valence-corrected chi connectivity index (χ4v) is 3.81. The van der Waals surface area contributed by atoms with Gasteiger partial charge in [0, 0.05) is 25.1 Å². The molecule has 0 saturated carbocycles. The van der Waals surface area contributed by atoms with Crippen LogP contribution in [-0.4, -0.2) is 46.4 Å². The number of nitrogens with one attached hydrogen (secondary N) is 1. The van der Waals surface area contributed by atoms with Gasteiger partial charge in [0.15, 0.2) is 11.5 Å². The zero-order valence-corrected chi connectivity index (χ0v) is 16.5. The molecule has 1 aromatic rings. The van der Waals surface area contributed by atoms with E-state index >= 15 is 0 Å². The molecule has 0 radical (unpaired) electrons. The predicted molar refractivity (Wildman–Crippen MR) is 101 cm³/mol. The molecule has 0 aliphatic carbocycles. The van der Waals surface area contributed by atoms with Crippen molar-refractivity contribution in [2.24, 2.45) is 0 Å². The van der Waals surface area contributed by atoms with E-state index in [1.165, 1.54) is 4.31 Å². The maximum absolute atomic E-state index is 12.2. The molecule has 0 atom stereocenters. The van der Waals surface area contributed by atoms with Crippen molar-refractivity contribution in [2.75, 3.05) is 30.3 Å². The van der Waals surface area contributed by atoms with Gasteiger partial charge in [-0.1, -0.05) is 13.8 Å². The summed E-state index contributed by atoms with van der Waals surface area (Å²) in [5.74, 6) is 1.10. The van der Waals surface area contributed by atoms with Crippen molar-refractivity contribution in [3.8, 4) is 11.5 Å². The molecule has 1 heterocycles. The first-order valence-corrected chi connectivity index (χ1v) is 10.9. The molecule has 1 aliphatic heterocycles. The number of ether oxygens (including phenoxy) is 2. The van der Waals surface area contributed by atoms with Crippen LogP contribution in [0.25, 0.3) is 0 Å². The van der Waals surface area contributed by atoms with Gasteiger partial charge in [-0.2, -0.15) is 0 Å². The third-order valence-corrected chi connectivity index (χ3v) is 5.52. The first-order chi connectivity index (χ1) is 12.3. The Kier molecular flexibility index (Phi) is 7.14. The zero-order valence-electron chi connectivity index (χ0n) is 15.7. The predicted octanol–water partition coefficient (Wildman–Crippen LogP) is 2.31. The van der Waals surface area contributed by atoms with Gasteiger partial charge in [0.1, 0.15) is 13.2 Å². The topological polar surface area (TPSA) is 84.9 Å². The summed E-state index contributed by atoms with van der Waals surface area (Å²) in [7, 11) is -3.47. The third kappa shape index (κ3) is 5.52. The number of fused-ring (bicyclic) bond motifs is 1. The molecule has 1 amide bonds. The summed E-state index contributed by atoms with van der Waals surface area (Å²) in [6.45, 7) is 5.21. The molecule has 1 N–H and O–H groups in total. The van der Waals surface area contributed by atoms with Crippen molar-refractivity contribution in [3.63, 3.8) is 0 Å². The van der Waals surface area contributed by atoms with Gasteiger partial charge in [0.2, 0.25) is 15.9 Å². The molecule has 2 rings (SSSR count). The van der Waals surface area contributed by atoms with Gasteiger partial charge in [-0.15, -0.1) is 0 Å². The molecule has 0 aromatic heterocycles. The van der Waals surface area contributed by atoms with Gasteiger partial charge in [-0.05, 0) is 31.4 Å². The van der Waals surface area contributed by atoms with Crippen LogP contribution in [0.15, 0.2) is 18.2 Å². The van der Waals surface area contributed by atoms with Gasteiger partial charge in [-0.3, -0.25) is 9.10 Å². The van der Waals surface area contributed by atoms with Crippen molar-refractivity contribution in [1.29, 1.82) is 0 Å². The number of hydrogen-bond donors (Lipinski definition) is 1. The number of carbonyl (C=O) groups excluding carboxylic acids is 1. The van der Waals surface area contributed by atoms with Gasteiger partial charge < -0.3 is 14.8 Å². The minimum Gasteiger partial charge on any atom is -0.486 e. The third-order valence-electron chi connectivity index (χ3n) is 4.33. The Labute approximate surface area is 155 Å². The Bertz CT molecular complexity index is 716. The monoisotopic (exact) mass is 384 g/mol. The van der Waals surface area contributed by atoms with Gasteiger partial charge in [-0.25, -0.2) is 8.42 Å². The van der Waals surface area contributed by atoms with Gasteiger partial charge in [0.25, 0.3) is 0 Å². The lowest BCUT2D eigenvalue weighted by Gasteiger charge is -2.25. The Hall–Kier alpha value is -1.96. The van der Waals surface area contributed by atoms with Crippen molar-refractivity contribution in [3.05, 3.63) is 18.2 Å². The average Bonchev–Trinajstić information content (AvgIpc) is 2.61. The van der Waals surface area contributed by atoms with E-state index < -0.39 is 10.0 Å². The molecule has 0 unspecified atom stereocenters. The van der Waals surface area contributed by atoms with Crippen LogP contribution in [0.2, 0.25) is 0 Å². The van der Waals surface area contributed by atoms with E-state index in [1.807, 2.05) is 13.8 Å². The van der Waals surface area contributed by atoms with Crippen molar-refractivity contribution in [2.45, 2.75) is 45.6 Å². The second-order valence-corrected chi connectivity index (χ2v) is 8.25. The summed E-state index contributed by atoms with van der Waals surface area (Å²) in [5.41, 5.74) is 0.511. The lowest BCUT2D eigenvalue weighted by Crippen LogP contribution is -2.35. The SMILES string of the molecule is CCC(CC)NC(=O)CCCN(c1ccc2c(c1)OCCO2)S(C)(=O)=O. The zero-order chi connectivity index (χ0) is 19.2. The van der Waals surface area contributed by atoms with Crippen molar-refractivity contribution < 1.29 is 22.7 Å². The second kappa shape index (κ2) is 9.12. The van der Waals surface area contributed by atoms with Crippen LogP contribution < -0.4 is 19.1 Å². The highest BCUT2D eigenvalue weighted by atomic mass is 32.2. The number of benzene rings is 1. The number of carbonyl (C=O) groups is 1. The van der Waals surface area contributed by atoms with Crippen LogP contribution >= 0.6 is 0 Å². The number of rotatable bonds is 9. The number of amides is 1. The van der Waals surface area contributed by atoms with Crippen LogP contribution in [0, 0.1) is 0 Å². The van der Waals surface area contributed by atoms with E-state index in [0.29, 0.717) is 36.8 Å². The maximum Gasteiger partial charge on any atom is 0.232 e. The Morgan fingerprint density at radius 1 is 1.19 bits per heavy atom. The summed E-state index contributed by atoms with van der Waals surface area (Å²) in [6, 6.07) is 5.24. The normalized spacial score (nSPS) is 13.5. The van der Waals surface area contributed by atoms with E-state index in [0.717, 1.165) is 19.1 Å². The molecule has 0 spiro atoms. The van der Waals surface area contributed by atoms with E-state index in [1.54, 1.807) is 18.2 Å².